The van der Waals surface area contributed by atoms with Gasteiger partial charge in [0.25, 0.3) is 0 Å². The van der Waals surface area contributed by atoms with Crippen LogP contribution in [-0.4, -0.2) is 12.2 Å². The van der Waals surface area contributed by atoms with Crippen LogP contribution in [0.3, 0.4) is 0 Å². The molecule has 52 valence electrons. The third-order valence-corrected chi connectivity index (χ3v) is 3.04. The minimum Gasteiger partial charge on any atom is -0.375 e. The van der Waals surface area contributed by atoms with E-state index in [1.807, 2.05) is 0 Å². The van der Waals surface area contributed by atoms with Crippen molar-refractivity contribution in [2.75, 3.05) is 6.61 Å². The third kappa shape index (κ3) is 0.644. The van der Waals surface area contributed by atoms with E-state index in [4.69, 9.17) is 4.74 Å². The van der Waals surface area contributed by atoms with Crippen LogP contribution in [0.4, 0.5) is 0 Å². The zero-order chi connectivity index (χ0) is 6.32. The second kappa shape index (κ2) is 1.72. The van der Waals surface area contributed by atoms with Crippen LogP contribution in [0.25, 0.3) is 0 Å². The summed E-state index contributed by atoms with van der Waals surface area (Å²) in [7, 11) is 0. The Morgan fingerprint density at radius 1 is 1.44 bits per heavy atom. The molecular weight excluding hydrogens is 112 g/mol. The van der Waals surface area contributed by atoms with Crippen LogP contribution < -0.4 is 0 Å². The monoisotopic (exact) mass is 126 g/mol. The topological polar surface area (TPSA) is 9.23 Å². The Labute approximate surface area is 56.4 Å². The van der Waals surface area contributed by atoms with Gasteiger partial charge in [-0.1, -0.05) is 6.92 Å². The normalized spacial score (nSPS) is 39.0. The van der Waals surface area contributed by atoms with Gasteiger partial charge in [0, 0.05) is 6.61 Å². The molecule has 2 aliphatic rings. The summed E-state index contributed by atoms with van der Waals surface area (Å²) in [6.07, 6.45) is 5.34. The Morgan fingerprint density at radius 2 is 2.22 bits per heavy atom. The molecule has 1 saturated heterocycles. The van der Waals surface area contributed by atoms with Crippen LogP contribution in [0.15, 0.2) is 0 Å². The molecule has 0 radical (unpaired) electrons. The van der Waals surface area contributed by atoms with Crippen LogP contribution in [0.5, 0.6) is 0 Å². The molecule has 0 amide bonds. The molecule has 1 aliphatic carbocycles. The first kappa shape index (κ1) is 5.72. The molecule has 1 heterocycles. The summed E-state index contributed by atoms with van der Waals surface area (Å²) in [6.45, 7) is 3.34. The summed E-state index contributed by atoms with van der Waals surface area (Å²) >= 11 is 0. The molecule has 1 nitrogen and oxygen atoms in total. The predicted molar refractivity (Wildman–Crippen MR) is 36.3 cm³/mol. The standard InChI is InChI=1S/C8H14O/c1-7-3-6-9-8(7)4-2-5-8/h7H,2-6H2,1H3. The van der Waals surface area contributed by atoms with Crippen molar-refractivity contribution in [2.45, 2.75) is 38.2 Å². The van der Waals surface area contributed by atoms with Gasteiger partial charge in [-0.05, 0) is 31.6 Å². The predicted octanol–water partition coefficient (Wildman–Crippen LogP) is 1.97. The minimum absolute atomic E-state index is 0.375. The minimum atomic E-state index is 0.375. The molecule has 1 heteroatoms. The zero-order valence-corrected chi connectivity index (χ0v) is 6.02. The lowest BCUT2D eigenvalue weighted by molar-refractivity contribution is -0.0781. The van der Waals surface area contributed by atoms with Crippen molar-refractivity contribution in [2.24, 2.45) is 5.92 Å². The van der Waals surface area contributed by atoms with Gasteiger partial charge in [-0.3, -0.25) is 0 Å². The van der Waals surface area contributed by atoms with Crippen LogP contribution in [0.1, 0.15) is 32.6 Å². The van der Waals surface area contributed by atoms with Crippen molar-refractivity contribution in [3.05, 3.63) is 0 Å². The molecule has 0 bridgehead atoms. The van der Waals surface area contributed by atoms with Gasteiger partial charge < -0.3 is 4.74 Å². The number of hydrogen-bond donors (Lipinski definition) is 0. The molecule has 0 aromatic carbocycles. The van der Waals surface area contributed by atoms with E-state index in [9.17, 15) is 0 Å². The Balaban J connectivity index is 2.09. The molecule has 0 aromatic heterocycles. The molecule has 0 N–H and O–H groups in total. The van der Waals surface area contributed by atoms with Gasteiger partial charge >= 0.3 is 0 Å². The second-order valence-corrected chi connectivity index (χ2v) is 3.46. The summed E-state index contributed by atoms with van der Waals surface area (Å²) in [5.74, 6) is 0.839. The lowest BCUT2D eigenvalue weighted by atomic mass is 9.72. The van der Waals surface area contributed by atoms with Crippen molar-refractivity contribution in [1.82, 2.24) is 0 Å². The molecule has 1 aliphatic heterocycles. The first-order valence-electron chi connectivity index (χ1n) is 3.97. The highest BCUT2D eigenvalue weighted by atomic mass is 16.5. The van der Waals surface area contributed by atoms with E-state index in [0.29, 0.717) is 5.60 Å². The average molecular weight is 126 g/mol. The van der Waals surface area contributed by atoms with Crippen molar-refractivity contribution in [1.29, 1.82) is 0 Å². The van der Waals surface area contributed by atoms with Gasteiger partial charge in [-0.2, -0.15) is 0 Å². The highest BCUT2D eigenvalue weighted by molar-refractivity contribution is 4.96. The number of rotatable bonds is 0. The quantitative estimate of drug-likeness (QED) is 0.482. The molecule has 1 atom stereocenters. The van der Waals surface area contributed by atoms with Crippen LogP contribution in [-0.2, 0) is 4.74 Å². The SMILES string of the molecule is CC1CCOC12CCC2. The molecule has 0 aromatic rings. The maximum Gasteiger partial charge on any atom is 0.0708 e. The zero-order valence-electron chi connectivity index (χ0n) is 6.02. The molecule has 1 saturated carbocycles. The van der Waals surface area contributed by atoms with E-state index in [2.05, 4.69) is 6.92 Å². The van der Waals surface area contributed by atoms with Crippen molar-refractivity contribution < 1.29 is 4.74 Å². The summed E-state index contributed by atoms with van der Waals surface area (Å²) in [5.41, 5.74) is 0.375. The lowest BCUT2D eigenvalue weighted by Crippen LogP contribution is -2.41. The van der Waals surface area contributed by atoms with Crippen molar-refractivity contribution in [3.8, 4) is 0 Å². The van der Waals surface area contributed by atoms with Crippen LogP contribution in [0, 0.1) is 5.92 Å². The maximum absolute atomic E-state index is 5.69. The van der Waals surface area contributed by atoms with E-state index in [1.54, 1.807) is 0 Å². The van der Waals surface area contributed by atoms with Gasteiger partial charge in [-0.15, -0.1) is 0 Å². The van der Waals surface area contributed by atoms with E-state index < -0.39 is 0 Å². The summed E-state index contributed by atoms with van der Waals surface area (Å²) in [4.78, 5) is 0. The Kier molecular flexibility index (Phi) is 1.10. The highest BCUT2D eigenvalue weighted by Gasteiger charge is 2.46. The lowest BCUT2D eigenvalue weighted by Gasteiger charge is -2.40. The van der Waals surface area contributed by atoms with Gasteiger partial charge in [0.1, 0.15) is 0 Å². The Bertz CT molecular complexity index is 116. The molecule has 2 rings (SSSR count). The second-order valence-electron chi connectivity index (χ2n) is 3.46. The molecule has 1 spiro atoms. The fourth-order valence-corrected chi connectivity index (χ4v) is 2.01. The summed E-state index contributed by atoms with van der Waals surface area (Å²) in [6, 6.07) is 0. The van der Waals surface area contributed by atoms with E-state index >= 15 is 0 Å². The smallest absolute Gasteiger partial charge is 0.0708 e. The fraction of sp³-hybridized carbons (Fsp3) is 1.00. The Morgan fingerprint density at radius 3 is 2.44 bits per heavy atom. The molecule has 1 unspecified atom stereocenters. The van der Waals surface area contributed by atoms with Crippen LogP contribution >= 0.6 is 0 Å². The molecule has 9 heavy (non-hydrogen) atoms. The number of ether oxygens (including phenoxy) is 1. The van der Waals surface area contributed by atoms with Gasteiger partial charge in [0.15, 0.2) is 0 Å². The summed E-state index contributed by atoms with van der Waals surface area (Å²) < 4.78 is 5.69. The highest BCUT2D eigenvalue weighted by Crippen LogP contribution is 2.46. The summed E-state index contributed by atoms with van der Waals surface area (Å²) in [5, 5.41) is 0. The fourth-order valence-electron chi connectivity index (χ4n) is 2.01. The van der Waals surface area contributed by atoms with E-state index in [1.165, 1.54) is 25.7 Å². The Hall–Kier alpha value is -0.0400. The van der Waals surface area contributed by atoms with Gasteiger partial charge in [0.05, 0.1) is 5.60 Å². The molecular formula is C8H14O. The van der Waals surface area contributed by atoms with Gasteiger partial charge in [0.2, 0.25) is 0 Å². The largest absolute Gasteiger partial charge is 0.375 e. The first-order chi connectivity index (χ1) is 4.33. The third-order valence-electron chi connectivity index (χ3n) is 3.04. The maximum atomic E-state index is 5.69. The average Bonchev–Trinajstić information content (AvgIpc) is 2.07. The van der Waals surface area contributed by atoms with Crippen molar-refractivity contribution in [3.63, 3.8) is 0 Å². The van der Waals surface area contributed by atoms with E-state index in [0.717, 1.165) is 12.5 Å². The van der Waals surface area contributed by atoms with Gasteiger partial charge in [-0.25, -0.2) is 0 Å². The van der Waals surface area contributed by atoms with Crippen LogP contribution in [0.2, 0.25) is 0 Å². The first-order valence-corrected chi connectivity index (χ1v) is 3.97. The van der Waals surface area contributed by atoms with Crippen molar-refractivity contribution >= 4 is 0 Å². The molecule has 2 fully saturated rings. The van der Waals surface area contributed by atoms with E-state index in [-0.39, 0.29) is 0 Å². The number of hydrogen-bond acceptors (Lipinski definition) is 1.